The molecule has 18 heavy (non-hydrogen) atoms. The van der Waals surface area contributed by atoms with Crippen LogP contribution in [-0.4, -0.2) is 11.8 Å². The molecular formula is C12H12F2N2O2. The summed E-state index contributed by atoms with van der Waals surface area (Å²) < 4.78 is 27.4. The van der Waals surface area contributed by atoms with Crippen LogP contribution >= 0.6 is 0 Å². The molecule has 2 unspecified atom stereocenters. The summed E-state index contributed by atoms with van der Waals surface area (Å²) in [5.74, 6) is -2.47. The fourth-order valence-corrected chi connectivity index (χ4v) is 2.40. The van der Waals surface area contributed by atoms with Gasteiger partial charge in [0.2, 0.25) is 0 Å². The van der Waals surface area contributed by atoms with Crippen LogP contribution in [-0.2, 0) is 10.3 Å². The molecular weight excluding hydrogens is 242 g/mol. The van der Waals surface area contributed by atoms with Crippen molar-refractivity contribution in [1.82, 2.24) is 0 Å². The monoisotopic (exact) mass is 254 g/mol. The quantitative estimate of drug-likeness (QED) is 0.820. The number of Topliss-reactive ketones (excluding diaryl/α,β-unsaturated/α-hetero) is 1. The van der Waals surface area contributed by atoms with E-state index in [0.717, 1.165) is 12.1 Å². The first-order valence-corrected chi connectivity index (χ1v) is 5.61. The maximum atomic E-state index is 13.7. The van der Waals surface area contributed by atoms with Gasteiger partial charge in [-0.1, -0.05) is 11.2 Å². The van der Waals surface area contributed by atoms with Crippen molar-refractivity contribution in [1.29, 1.82) is 0 Å². The van der Waals surface area contributed by atoms with Crippen molar-refractivity contribution < 1.29 is 13.6 Å². The van der Waals surface area contributed by atoms with Crippen molar-refractivity contribution >= 4 is 5.78 Å². The minimum Gasteiger partial charge on any atom is -0.315 e. The Balaban J connectivity index is 2.53. The van der Waals surface area contributed by atoms with Crippen molar-refractivity contribution in [2.24, 2.45) is 10.9 Å². The van der Waals surface area contributed by atoms with E-state index in [1.54, 1.807) is 0 Å². The van der Waals surface area contributed by atoms with E-state index >= 15 is 0 Å². The van der Waals surface area contributed by atoms with Crippen LogP contribution in [0, 0.1) is 16.5 Å². The van der Waals surface area contributed by atoms with Gasteiger partial charge in [-0.05, 0) is 31.4 Å². The second-order valence-electron chi connectivity index (χ2n) is 4.45. The van der Waals surface area contributed by atoms with Crippen molar-refractivity contribution in [2.45, 2.75) is 30.8 Å². The molecule has 0 heterocycles. The van der Waals surface area contributed by atoms with Crippen LogP contribution in [0.15, 0.2) is 23.4 Å². The van der Waals surface area contributed by atoms with Crippen LogP contribution in [0.2, 0.25) is 0 Å². The van der Waals surface area contributed by atoms with E-state index in [-0.39, 0.29) is 12.8 Å². The molecule has 0 spiro atoms. The van der Waals surface area contributed by atoms with Gasteiger partial charge in [0.25, 0.3) is 0 Å². The first-order valence-electron chi connectivity index (χ1n) is 5.61. The smallest absolute Gasteiger partial charge is 0.185 e. The van der Waals surface area contributed by atoms with E-state index in [1.807, 2.05) is 0 Å². The number of carbonyl (C=O) groups is 1. The molecule has 4 nitrogen and oxygen atoms in total. The largest absolute Gasteiger partial charge is 0.315 e. The standard InChI is InChI=1S/C12H12F2N2O2/c13-7-3-1-4-8(14)10(7)12(15)6-2-5-9(16-18)11(12)17/h1,3-4,9H,2,5-6,15H2. The number of nitroso groups, excluding NO2 is 1. The van der Waals surface area contributed by atoms with E-state index in [9.17, 15) is 18.5 Å². The zero-order chi connectivity index (χ0) is 13.3. The first kappa shape index (κ1) is 12.8. The van der Waals surface area contributed by atoms with E-state index < -0.39 is 34.6 Å². The Morgan fingerprint density at radius 2 is 1.94 bits per heavy atom. The molecule has 1 fully saturated rings. The fraction of sp³-hybridized carbons (Fsp3) is 0.417. The summed E-state index contributed by atoms with van der Waals surface area (Å²) in [5, 5.41) is 2.68. The Hall–Kier alpha value is -1.69. The minimum atomic E-state index is -1.80. The molecule has 96 valence electrons. The Labute approximate surface area is 102 Å². The van der Waals surface area contributed by atoms with Crippen molar-refractivity contribution in [3.8, 4) is 0 Å². The lowest BCUT2D eigenvalue weighted by molar-refractivity contribution is -0.128. The highest BCUT2D eigenvalue weighted by Crippen LogP contribution is 2.36. The molecule has 0 saturated heterocycles. The van der Waals surface area contributed by atoms with Crippen molar-refractivity contribution in [2.75, 3.05) is 0 Å². The molecule has 1 aliphatic rings. The second-order valence-corrected chi connectivity index (χ2v) is 4.45. The van der Waals surface area contributed by atoms with Gasteiger partial charge >= 0.3 is 0 Å². The summed E-state index contributed by atoms with van der Waals surface area (Å²) in [6.07, 6.45) is 0.805. The molecule has 2 atom stereocenters. The summed E-state index contributed by atoms with van der Waals surface area (Å²) in [5.41, 5.74) is 3.59. The molecule has 2 N–H and O–H groups in total. The van der Waals surface area contributed by atoms with Gasteiger partial charge in [-0.2, -0.15) is 4.91 Å². The van der Waals surface area contributed by atoms with Crippen molar-refractivity contribution in [3.63, 3.8) is 0 Å². The third kappa shape index (κ3) is 1.82. The van der Waals surface area contributed by atoms with Crippen LogP contribution in [0.1, 0.15) is 24.8 Å². The number of nitrogens with two attached hydrogens (primary N) is 1. The number of rotatable bonds is 2. The van der Waals surface area contributed by atoms with Gasteiger partial charge in [-0.15, -0.1) is 0 Å². The number of hydrogen-bond donors (Lipinski definition) is 1. The molecule has 2 rings (SSSR count). The van der Waals surface area contributed by atoms with E-state index in [2.05, 4.69) is 5.18 Å². The van der Waals surface area contributed by atoms with Gasteiger partial charge in [-0.3, -0.25) is 4.79 Å². The number of carbonyl (C=O) groups excluding carboxylic acids is 1. The first-order chi connectivity index (χ1) is 8.50. The topological polar surface area (TPSA) is 72.5 Å². The van der Waals surface area contributed by atoms with Gasteiger partial charge in [0, 0.05) is 0 Å². The van der Waals surface area contributed by atoms with Gasteiger partial charge in [0.05, 0.1) is 5.56 Å². The average molecular weight is 254 g/mol. The third-order valence-electron chi connectivity index (χ3n) is 3.33. The highest BCUT2D eigenvalue weighted by molar-refractivity contribution is 5.94. The maximum Gasteiger partial charge on any atom is 0.185 e. The van der Waals surface area contributed by atoms with E-state index in [1.165, 1.54) is 6.07 Å². The van der Waals surface area contributed by atoms with Gasteiger partial charge in [0.1, 0.15) is 17.2 Å². The average Bonchev–Trinajstić information content (AvgIpc) is 2.32. The van der Waals surface area contributed by atoms with Crippen LogP contribution in [0.4, 0.5) is 8.78 Å². The molecule has 1 aliphatic carbocycles. The summed E-state index contributed by atoms with van der Waals surface area (Å²) in [6, 6.07) is 2.15. The zero-order valence-corrected chi connectivity index (χ0v) is 9.53. The molecule has 0 bridgehead atoms. The molecule has 1 saturated carbocycles. The Bertz CT molecular complexity index is 487. The summed E-state index contributed by atoms with van der Waals surface area (Å²) >= 11 is 0. The lowest BCUT2D eigenvalue weighted by Gasteiger charge is -2.34. The molecule has 1 aromatic carbocycles. The van der Waals surface area contributed by atoms with Crippen molar-refractivity contribution in [3.05, 3.63) is 40.3 Å². The second kappa shape index (κ2) is 4.53. The number of benzene rings is 1. The molecule has 0 radical (unpaired) electrons. The molecule has 6 heteroatoms. The van der Waals surface area contributed by atoms with E-state index in [4.69, 9.17) is 5.73 Å². The fourth-order valence-electron chi connectivity index (χ4n) is 2.40. The van der Waals surface area contributed by atoms with Crippen LogP contribution < -0.4 is 5.73 Å². The highest BCUT2D eigenvalue weighted by atomic mass is 19.1. The molecule has 0 amide bonds. The molecule has 0 aromatic heterocycles. The number of nitrogens with zero attached hydrogens (tertiary/aromatic N) is 1. The molecule has 1 aromatic rings. The summed E-state index contributed by atoms with van der Waals surface area (Å²) in [4.78, 5) is 22.6. The number of ketones is 1. The van der Waals surface area contributed by atoms with Crippen LogP contribution in [0.5, 0.6) is 0 Å². The lowest BCUT2D eigenvalue weighted by atomic mass is 9.74. The number of hydrogen-bond acceptors (Lipinski definition) is 4. The SMILES string of the molecule is NC1(c2c(F)cccc2F)CCCC(N=O)C1=O. The lowest BCUT2D eigenvalue weighted by Crippen LogP contribution is -2.53. The van der Waals surface area contributed by atoms with Gasteiger partial charge < -0.3 is 5.73 Å². The predicted octanol–water partition coefficient (Wildman–Crippen LogP) is 2.01. The summed E-state index contributed by atoms with van der Waals surface area (Å²) in [7, 11) is 0. The Morgan fingerprint density at radius 3 is 2.50 bits per heavy atom. The molecule has 0 aliphatic heterocycles. The highest BCUT2D eigenvalue weighted by Gasteiger charge is 2.46. The minimum absolute atomic E-state index is 0.107. The van der Waals surface area contributed by atoms with Gasteiger partial charge in [0.15, 0.2) is 11.8 Å². The zero-order valence-electron chi connectivity index (χ0n) is 9.53. The Morgan fingerprint density at radius 1 is 1.33 bits per heavy atom. The third-order valence-corrected chi connectivity index (χ3v) is 3.33. The van der Waals surface area contributed by atoms with Crippen LogP contribution in [0.3, 0.4) is 0 Å². The maximum absolute atomic E-state index is 13.7. The summed E-state index contributed by atoms with van der Waals surface area (Å²) in [6.45, 7) is 0. The van der Waals surface area contributed by atoms with E-state index in [0.29, 0.717) is 6.42 Å². The van der Waals surface area contributed by atoms with Crippen LogP contribution in [0.25, 0.3) is 0 Å². The Kier molecular flexibility index (Phi) is 3.21. The predicted molar refractivity (Wildman–Crippen MR) is 60.7 cm³/mol. The van der Waals surface area contributed by atoms with Gasteiger partial charge in [-0.25, -0.2) is 8.78 Å². The number of halogens is 2. The normalized spacial score (nSPS) is 28.2.